The third-order valence-corrected chi connectivity index (χ3v) is 5.48. The van der Waals surface area contributed by atoms with Gasteiger partial charge in [-0.1, -0.05) is 42.0 Å². The first-order valence-corrected chi connectivity index (χ1v) is 10.8. The topological polar surface area (TPSA) is 67.9 Å². The summed E-state index contributed by atoms with van der Waals surface area (Å²) < 4.78 is 11.0. The van der Waals surface area contributed by atoms with Crippen LogP contribution < -0.4 is 19.7 Å². The molecule has 168 valence electrons. The van der Waals surface area contributed by atoms with E-state index in [0.717, 1.165) is 11.1 Å². The average molecular weight is 443 g/mol. The lowest BCUT2D eigenvalue weighted by atomic mass is 9.97. The van der Waals surface area contributed by atoms with Crippen molar-refractivity contribution in [3.63, 3.8) is 0 Å². The van der Waals surface area contributed by atoms with Crippen LogP contribution in [0.3, 0.4) is 0 Å². The summed E-state index contributed by atoms with van der Waals surface area (Å²) >= 11 is 0. The number of anilines is 2. The zero-order chi connectivity index (χ0) is 23.5. The van der Waals surface area contributed by atoms with E-state index in [0.29, 0.717) is 40.6 Å². The van der Waals surface area contributed by atoms with Crippen LogP contribution in [-0.2, 0) is 9.59 Å². The number of nitrogens with zero attached hydrogens (tertiary/aromatic N) is 1. The van der Waals surface area contributed by atoms with Gasteiger partial charge in [-0.15, -0.1) is 0 Å². The molecule has 4 rings (SSSR count). The molecule has 3 aromatic carbocycles. The van der Waals surface area contributed by atoms with Crippen molar-refractivity contribution in [2.45, 2.75) is 20.8 Å². The highest BCUT2D eigenvalue weighted by Crippen LogP contribution is 2.39. The maximum atomic E-state index is 13.8. The van der Waals surface area contributed by atoms with Gasteiger partial charge >= 0.3 is 0 Å². The Bertz CT molecular complexity index is 1260. The third-order valence-electron chi connectivity index (χ3n) is 5.48. The molecule has 0 unspecified atom stereocenters. The summed E-state index contributed by atoms with van der Waals surface area (Å²) in [4.78, 5) is 28.6. The second-order valence-corrected chi connectivity index (χ2v) is 7.77. The molecule has 1 N–H and O–H groups in total. The van der Waals surface area contributed by atoms with Crippen LogP contribution >= 0.6 is 0 Å². The fraction of sp³-hybridized carbons (Fsp3) is 0.185. The van der Waals surface area contributed by atoms with Gasteiger partial charge in [0.05, 0.1) is 25.0 Å². The molecule has 0 bridgehead atoms. The zero-order valence-corrected chi connectivity index (χ0v) is 19.1. The first kappa shape index (κ1) is 22.1. The van der Waals surface area contributed by atoms with Crippen LogP contribution in [0.2, 0.25) is 0 Å². The van der Waals surface area contributed by atoms with E-state index in [4.69, 9.17) is 9.47 Å². The molecule has 1 aliphatic rings. The normalized spacial score (nSPS) is 13.5. The van der Waals surface area contributed by atoms with E-state index >= 15 is 0 Å². The molecule has 0 spiro atoms. The monoisotopic (exact) mass is 442 g/mol. The predicted molar refractivity (Wildman–Crippen MR) is 130 cm³/mol. The lowest BCUT2D eigenvalue weighted by molar-refractivity contribution is -0.120. The van der Waals surface area contributed by atoms with Crippen molar-refractivity contribution in [3.05, 3.63) is 89.1 Å². The summed E-state index contributed by atoms with van der Waals surface area (Å²) in [6.07, 6.45) is 0. The minimum atomic E-state index is -0.440. The molecule has 1 aliphatic heterocycles. The minimum Gasteiger partial charge on any atom is -0.497 e. The number of hydrogen-bond donors (Lipinski definition) is 1. The first-order valence-electron chi connectivity index (χ1n) is 10.8. The van der Waals surface area contributed by atoms with Gasteiger partial charge in [-0.25, -0.2) is 4.90 Å². The van der Waals surface area contributed by atoms with Gasteiger partial charge in [-0.2, -0.15) is 0 Å². The number of nitrogens with one attached hydrogen (secondary N) is 1. The number of imide groups is 1. The van der Waals surface area contributed by atoms with Crippen molar-refractivity contribution in [3.8, 4) is 11.5 Å². The average Bonchev–Trinajstić information content (AvgIpc) is 3.04. The number of rotatable bonds is 7. The highest BCUT2D eigenvalue weighted by atomic mass is 16.5. The molecule has 0 saturated heterocycles. The largest absolute Gasteiger partial charge is 0.497 e. The molecule has 2 amide bonds. The van der Waals surface area contributed by atoms with Crippen LogP contribution in [0.1, 0.15) is 23.6 Å². The molecule has 6 nitrogen and oxygen atoms in total. The summed E-state index contributed by atoms with van der Waals surface area (Å²) in [6.45, 7) is 6.21. The molecule has 0 atom stereocenters. The summed E-state index contributed by atoms with van der Waals surface area (Å²) in [6, 6.07) is 20.1. The number of amides is 2. The highest BCUT2D eigenvalue weighted by molar-refractivity contribution is 6.46. The van der Waals surface area contributed by atoms with Crippen LogP contribution in [-0.4, -0.2) is 25.5 Å². The zero-order valence-electron chi connectivity index (χ0n) is 19.1. The molecule has 3 aromatic rings. The Morgan fingerprint density at radius 1 is 0.909 bits per heavy atom. The fourth-order valence-corrected chi connectivity index (χ4v) is 3.97. The van der Waals surface area contributed by atoms with Crippen molar-refractivity contribution < 1.29 is 19.1 Å². The maximum Gasteiger partial charge on any atom is 0.282 e. The number of para-hydroxylation sites is 2. The molecular weight excluding hydrogens is 416 g/mol. The molecule has 0 aromatic heterocycles. The summed E-state index contributed by atoms with van der Waals surface area (Å²) in [5.41, 5.74) is 4.30. The molecule has 0 saturated carbocycles. The number of benzene rings is 3. The second kappa shape index (κ2) is 9.20. The number of ether oxygens (including phenoxy) is 2. The van der Waals surface area contributed by atoms with E-state index in [-0.39, 0.29) is 5.70 Å². The summed E-state index contributed by atoms with van der Waals surface area (Å²) in [7, 11) is 1.58. The fourth-order valence-electron chi connectivity index (χ4n) is 3.97. The van der Waals surface area contributed by atoms with Crippen molar-refractivity contribution >= 4 is 28.8 Å². The lowest BCUT2D eigenvalue weighted by Crippen LogP contribution is -2.32. The van der Waals surface area contributed by atoms with Gasteiger partial charge in [0.15, 0.2) is 0 Å². The van der Waals surface area contributed by atoms with Crippen molar-refractivity contribution in [1.82, 2.24) is 0 Å². The van der Waals surface area contributed by atoms with Gasteiger partial charge in [-0.05, 0) is 56.2 Å². The van der Waals surface area contributed by atoms with E-state index in [9.17, 15) is 9.59 Å². The van der Waals surface area contributed by atoms with Crippen LogP contribution in [0.25, 0.3) is 5.57 Å². The van der Waals surface area contributed by atoms with E-state index in [2.05, 4.69) is 5.32 Å². The number of aryl methyl sites for hydroxylation is 2. The van der Waals surface area contributed by atoms with Gasteiger partial charge < -0.3 is 14.8 Å². The standard InChI is InChI=1S/C27H26N2O4/c1-5-33-23-12-7-6-11-22(23)29-26(30)24(21-14-13-17(2)15-18(21)3)25(27(29)31)28-19-9-8-10-20(16-19)32-4/h6-16,28H,5H2,1-4H3. The minimum absolute atomic E-state index is 0.214. The summed E-state index contributed by atoms with van der Waals surface area (Å²) in [5, 5.41) is 3.18. The van der Waals surface area contributed by atoms with Crippen LogP contribution in [0.15, 0.2) is 72.4 Å². The van der Waals surface area contributed by atoms with Gasteiger partial charge in [0.2, 0.25) is 0 Å². The molecule has 0 fully saturated rings. The Kier molecular flexibility index (Phi) is 6.18. The smallest absolute Gasteiger partial charge is 0.282 e. The van der Waals surface area contributed by atoms with Crippen LogP contribution in [0, 0.1) is 13.8 Å². The second-order valence-electron chi connectivity index (χ2n) is 7.77. The maximum absolute atomic E-state index is 13.8. The van der Waals surface area contributed by atoms with E-state index < -0.39 is 11.8 Å². The number of methoxy groups -OCH3 is 1. The number of carbonyl (C=O) groups is 2. The first-order chi connectivity index (χ1) is 15.9. The quantitative estimate of drug-likeness (QED) is 0.515. The molecule has 0 aliphatic carbocycles. The van der Waals surface area contributed by atoms with Gasteiger partial charge in [-0.3, -0.25) is 9.59 Å². The van der Waals surface area contributed by atoms with Crippen molar-refractivity contribution in [1.29, 1.82) is 0 Å². The molecular formula is C27H26N2O4. The van der Waals surface area contributed by atoms with Crippen LogP contribution in [0.4, 0.5) is 11.4 Å². The van der Waals surface area contributed by atoms with E-state index in [1.807, 2.05) is 63.2 Å². The van der Waals surface area contributed by atoms with Crippen molar-refractivity contribution in [2.75, 3.05) is 23.9 Å². The van der Waals surface area contributed by atoms with E-state index in [1.54, 1.807) is 31.4 Å². The van der Waals surface area contributed by atoms with Gasteiger partial charge in [0.1, 0.15) is 17.2 Å². The molecule has 33 heavy (non-hydrogen) atoms. The third kappa shape index (κ3) is 4.20. The highest BCUT2D eigenvalue weighted by Gasteiger charge is 2.41. The Morgan fingerprint density at radius 3 is 2.42 bits per heavy atom. The van der Waals surface area contributed by atoms with Crippen molar-refractivity contribution in [2.24, 2.45) is 0 Å². The van der Waals surface area contributed by atoms with E-state index in [1.165, 1.54) is 4.90 Å². The lowest BCUT2D eigenvalue weighted by Gasteiger charge is -2.19. The SMILES string of the molecule is CCOc1ccccc1N1C(=O)C(Nc2cccc(OC)c2)=C(c2ccc(C)cc2C)C1=O. The Labute approximate surface area is 193 Å². The number of carbonyl (C=O) groups excluding carboxylic acids is 2. The molecule has 0 radical (unpaired) electrons. The van der Waals surface area contributed by atoms with Crippen LogP contribution in [0.5, 0.6) is 11.5 Å². The Hall–Kier alpha value is -4.06. The predicted octanol–water partition coefficient (Wildman–Crippen LogP) is 5.11. The van der Waals surface area contributed by atoms with Gasteiger partial charge in [0, 0.05) is 11.8 Å². The molecule has 1 heterocycles. The number of hydrogen-bond acceptors (Lipinski definition) is 5. The Balaban J connectivity index is 1.86. The Morgan fingerprint density at radius 2 is 1.70 bits per heavy atom. The molecule has 6 heteroatoms. The van der Waals surface area contributed by atoms with Gasteiger partial charge in [0.25, 0.3) is 11.8 Å². The summed E-state index contributed by atoms with van der Waals surface area (Å²) in [5.74, 6) is 0.280.